The molecule has 1 aromatic rings. The van der Waals surface area contributed by atoms with Crippen molar-refractivity contribution in [2.75, 3.05) is 19.0 Å². The number of unbranched alkanes of at least 4 members (excludes halogenated alkanes) is 6. The lowest BCUT2D eigenvalue weighted by Crippen LogP contribution is -3.00. The van der Waals surface area contributed by atoms with E-state index in [1.165, 1.54) is 63.7 Å². The molecule has 0 aliphatic carbocycles. The molecule has 2 heteroatoms. The van der Waals surface area contributed by atoms with Crippen LogP contribution >= 0.6 is 7.26 Å². The Morgan fingerprint density at radius 1 is 0.714 bits per heavy atom. The Balaban J connectivity index is 0.00000400. The molecule has 122 valence electrons. The van der Waals surface area contributed by atoms with Gasteiger partial charge in [-0.15, -0.1) is 0 Å². The highest BCUT2D eigenvalue weighted by Crippen LogP contribution is 2.55. The third kappa shape index (κ3) is 8.55. The van der Waals surface area contributed by atoms with E-state index in [0.29, 0.717) is 0 Å². The molecule has 0 spiro atoms. The fourth-order valence-electron chi connectivity index (χ4n) is 2.93. The number of rotatable bonds is 11. The van der Waals surface area contributed by atoms with Crippen molar-refractivity contribution in [1.82, 2.24) is 0 Å². The van der Waals surface area contributed by atoms with E-state index >= 15 is 0 Å². The van der Waals surface area contributed by atoms with E-state index in [2.05, 4.69) is 50.8 Å². The van der Waals surface area contributed by atoms with E-state index in [4.69, 9.17) is 0 Å². The summed E-state index contributed by atoms with van der Waals surface area (Å²) in [5.41, 5.74) is 0. The van der Waals surface area contributed by atoms with Crippen molar-refractivity contribution in [3.05, 3.63) is 30.3 Å². The van der Waals surface area contributed by atoms with Crippen molar-refractivity contribution >= 4 is 12.6 Å². The molecule has 0 bridgehead atoms. The van der Waals surface area contributed by atoms with Gasteiger partial charge < -0.3 is 24.0 Å². The van der Waals surface area contributed by atoms with Crippen LogP contribution in [-0.2, 0) is 0 Å². The van der Waals surface area contributed by atoms with Gasteiger partial charge in [-0.25, -0.2) is 0 Å². The Morgan fingerprint density at radius 3 is 1.62 bits per heavy atom. The van der Waals surface area contributed by atoms with Crippen LogP contribution in [0.4, 0.5) is 0 Å². The van der Waals surface area contributed by atoms with Gasteiger partial charge in [0.25, 0.3) is 0 Å². The van der Waals surface area contributed by atoms with E-state index in [1.807, 2.05) is 0 Å². The van der Waals surface area contributed by atoms with Gasteiger partial charge in [0.2, 0.25) is 0 Å². The van der Waals surface area contributed by atoms with Gasteiger partial charge >= 0.3 is 0 Å². The summed E-state index contributed by atoms with van der Waals surface area (Å²) in [6, 6.07) is 11.4. The Labute approximate surface area is 150 Å². The van der Waals surface area contributed by atoms with Gasteiger partial charge in [0.05, 0.1) is 24.3 Å². The number of hydrogen-bond acceptors (Lipinski definition) is 0. The van der Waals surface area contributed by atoms with Gasteiger partial charge in [0, 0.05) is 7.26 Å². The first kappa shape index (κ1) is 21.4. The van der Waals surface area contributed by atoms with Gasteiger partial charge in [-0.1, -0.05) is 57.7 Å². The lowest BCUT2D eigenvalue weighted by Gasteiger charge is -2.23. The van der Waals surface area contributed by atoms with Crippen molar-refractivity contribution < 1.29 is 24.0 Å². The Morgan fingerprint density at radius 2 is 1.19 bits per heavy atom. The second-order valence-corrected chi connectivity index (χ2v) is 10.5. The Hall–Kier alpha value is 0.380. The summed E-state index contributed by atoms with van der Waals surface area (Å²) in [5, 5.41) is 1.66. The smallest absolute Gasteiger partial charge is 0.0936 e. The van der Waals surface area contributed by atoms with Crippen LogP contribution in [0.5, 0.6) is 0 Å². The van der Waals surface area contributed by atoms with Gasteiger partial charge in [-0.05, 0) is 37.8 Å². The second-order valence-electron chi connectivity index (χ2n) is 6.30. The Kier molecular flexibility index (Phi) is 13.1. The molecule has 0 N–H and O–H groups in total. The molecule has 0 aromatic heterocycles. The molecule has 0 saturated carbocycles. The molecule has 1 aromatic carbocycles. The molecule has 0 aliphatic rings. The highest BCUT2D eigenvalue weighted by Gasteiger charge is 2.32. The maximum Gasteiger partial charge on any atom is 0.0936 e. The fourth-order valence-corrected chi connectivity index (χ4v) is 6.41. The van der Waals surface area contributed by atoms with E-state index in [1.54, 1.807) is 5.30 Å². The van der Waals surface area contributed by atoms with Crippen LogP contribution in [0.1, 0.15) is 65.2 Å². The quantitative estimate of drug-likeness (QED) is 0.293. The highest BCUT2D eigenvalue weighted by molar-refractivity contribution is 7.82. The van der Waals surface area contributed by atoms with E-state index in [-0.39, 0.29) is 24.0 Å². The average Bonchev–Trinajstić information content (AvgIpc) is 2.49. The number of benzene rings is 1. The summed E-state index contributed by atoms with van der Waals surface area (Å²) in [7, 11) is -0.902. The van der Waals surface area contributed by atoms with E-state index in [9.17, 15) is 0 Å². The normalized spacial score (nSPS) is 11.2. The summed E-state index contributed by atoms with van der Waals surface area (Å²) in [5.74, 6) is 0. The topological polar surface area (TPSA) is 0 Å². The predicted octanol–water partition coefficient (Wildman–Crippen LogP) is 3.12. The maximum atomic E-state index is 2.60. The largest absolute Gasteiger partial charge is 1.00 e. The lowest BCUT2D eigenvalue weighted by atomic mass is 10.2. The molecule has 0 fully saturated rings. The van der Waals surface area contributed by atoms with Gasteiger partial charge in [-0.2, -0.15) is 0 Å². The molecule has 0 atom stereocenters. The van der Waals surface area contributed by atoms with E-state index in [0.717, 1.165) is 0 Å². The third-order valence-electron chi connectivity index (χ3n) is 4.39. The summed E-state index contributed by atoms with van der Waals surface area (Å²) in [6.45, 7) is 7.20. The summed E-state index contributed by atoms with van der Waals surface area (Å²) in [4.78, 5) is 0. The summed E-state index contributed by atoms with van der Waals surface area (Å²) in [6.07, 6.45) is 14.1. The molecule has 21 heavy (non-hydrogen) atoms. The zero-order chi connectivity index (χ0) is 14.7. The van der Waals surface area contributed by atoms with Gasteiger partial charge in [0.15, 0.2) is 0 Å². The van der Waals surface area contributed by atoms with Crippen molar-refractivity contribution in [3.63, 3.8) is 0 Å². The standard InChI is InChI=1S/C19H34P.HI/c1-4-6-8-13-17-20(3,18-14-9-7-5-2)19-15-11-10-12-16-19;/h10-12,15-16H,4-9,13-14,17-18H2,1-3H3;1H/q+1;/p-1. The molecule has 0 amide bonds. The Bertz CT molecular complexity index is 325. The van der Waals surface area contributed by atoms with Crippen molar-refractivity contribution in [2.45, 2.75) is 65.2 Å². The monoisotopic (exact) mass is 420 g/mol. The second kappa shape index (κ2) is 12.9. The third-order valence-corrected chi connectivity index (χ3v) is 8.54. The fraction of sp³-hybridized carbons (Fsp3) is 0.684. The minimum atomic E-state index is -0.902. The van der Waals surface area contributed by atoms with Crippen LogP contribution < -0.4 is 29.3 Å². The van der Waals surface area contributed by atoms with Crippen LogP contribution in [0.2, 0.25) is 0 Å². The summed E-state index contributed by atoms with van der Waals surface area (Å²) >= 11 is 0. The number of halogens is 1. The molecule has 0 aliphatic heterocycles. The zero-order valence-corrected chi connectivity index (χ0v) is 17.3. The maximum absolute atomic E-state index is 2.60. The molecule has 0 radical (unpaired) electrons. The molecule has 0 unspecified atom stereocenters. The molecule has 0 heterocycles. The van der Waals surface area contributed by atoms with E-state index < -0.39 is 7.26 Å². The minimum Gasteiger partial charge on any atom is -1.00 e. The zero-order valence-electron chi connectivity index (χ0n) is 14.3. The molecule has 0 saturated heterocycles. The lowest BCUT2D eigenvalue weighted by molar-refractivity contribution is -0.00000444. The van der Waals surface area contributed by atoms with Crippen LogP contribution in [0.25, 0.3) is 0 Å². The summed E-state index contributed by atoms with van der Waals surface area (Å²) < 4.78 is 0. The van der Waals surface area contributed by atoms with Gasteiger partial charge in [-0.3, -0.25) is 0 Å². The molecule has 1 rings (SSSR count). The molecular weight excluding hydrogens is 386 g/mol. The number of hydrogen-bond donors (Lipinski definition) is 0. The van der Waals surface area contributed by atoms with Gasteiger partial charge in [0.1, 0.15) is 0 Å². The highest BCUT2D eigenvalue weighted by atomic mass is 127. The minimum absolute atomic E-state index is 0. The predicted molar refractivity (Wildman–Crippen MR) is 96.9 cm³/mol. The first-order chi connectivity index (χ1) is 9.73. The van der Waals surface area contributed by atoms with Crippen molar-refractivity contribution in [1.29, 1.82) is 0 Å². The van der Waals surface area contributed by atoms with Crippen LogP contribution in [0.3, 0.4) is 0 Å². The first-order valence-electron chi connectivity index (χ1n) is 8.63. The van der Waals surface area contributed by atoms with Crippen LogP contribution in [-0.4, -0.2) is 19.0 Å². The van der Waals surface area contributed by atoms with Crippen LogP contribution in [0.15, 0.2) is 30.3 Å². The van der Waals surface area contributed by atoms with Crippen LogP contribution in [0, 0.1) is 0 Å². The van der Waals surface area contributed by atoms with Crippen molar-refractivity contribution in [2.24, 2.45) is 0 Å². The molecular formula is C19H34IP. The first-order valence-corrected chi connectivity index (χ1v) is 11.2. The molecule has 0 nitrogen and oxygen atoms in total. The SMILES string of the molecule is CCCCCC[P+](C)(CCCCCC)c1ccccc1.[I-]. The van der Waals surface area contributed by atoms with Crippen molar-refractivity contribution in [3.8, 4) is 0 Å². The average molecular weight is 420 g/mol.